The molecule has 0 spiro atoms. The molecule has 1 aromatic heterocycles. The summed E-state index contributed by atoms with van der Waals surface area (Å²) in [7, 11) is 1.73. The van der Waals surface area contributed by atoms with Crippen molar-refractivity contribution in [3.05, 3.63) is 46.5 Å². The van der Waals surface area contributed by atoms with Crippen molar-refractivity contribution >= 4 is 57.8 Å². The minimum absolute atomic E-state index is 0.0523. The summed E-state index contributed by atoms with van der Waals surface area (Å²) in [6.45, 7) is 0. The summed E-state index contributed by atoms with van der Waals surface area (Å²) in [5.74, 6) is -1.46. The van der Waals surface area contributed by atoms with Gasteiger partial charge in [0.05, 0.1) is 6.42 Å². The molecule has 2 aliphatic rings. The molecule has 2 atom stereocenters. The van der Waals surface area contributed by atoms with Crippen molar-refractivity contribution in [3.63, 3.8) is 0 Å². The fourth-order valence-electron chi connectivity index (χ4n) is 3.13. The molecule has 3 N–H and O–H groups in total. The Labute approximate surface area is 184 Å². The van der Waals surface area contributed by atoms with E-state index in [-0.39, 0.29) is 18.0 Å². The van der Waals surface area contributed by atoms with Crippen LogP contribution in [0.3, 0.4) is 0 Å². The van der Waals surface area contributed by atoms with Gasteiger partial charge in [0.25, 0.3) is 5.91 Å². The zero-order valence-corrected chi connectivity index (χ0v) is 18.1. The monoisotopic (exact) mass is 463 g/mol. The van der Waals surface area contributed by atoms with Gasteiger partial charge in [-0.25, -0.2) is 4.79 Å². The first-order chi connectivity index (χ1) is 14.5. The number of carboxylic acids is 1. The van der Waals surface area contributed by atoms with E-state index in [1.165, 1.54) is 39.8 Å². The average molecular weight is 464 g/mol. The number of amides is 2. The zero-order chi connectivity index (χ0) is 21.3. The maximum absolute atomic E-state index is 12.7. The molecule has 30 heavy (non-hydrogen) atoms. The van der Waals surface area contributed by atoms with Crippen LogP contribution in [0, 0.1) is 0 Å². The van der Waals surface area contributed by atoms with Crippen LogP contribution < -0.4 is 10.6 Å². The van der Waals surface area contributed by atoms with E-state index in [1.54, 1.807) is 7.05 Å². The van der Waals surface area contributed by atoms with Gasteiger partial charge in [-0.2, -0.15) is 0 Å². The van der Waals surface area contributed by atoms with E-state index in [0.29, 0.717) is 20.1 Å². The quantitative estimate of drug-likeness (QED) is 0.525. The van der Waals surface area contributed by atoms with Gasteiger partial charge in [0.1, 0.15) is 17.1 Å². The lowest BCUT2D eigenvalue weighted by molar-refractivity contribution is -0.150. The fourth-order valence-corrected chi connectivity index (χ4v) is 6.48. The second kappa shape index (κ2) is 8.66. The summed E-state index contributed by atoms with van der Waals surface area (Å²) in [5.41, 5.74) is 0.793. The molecular weight excluding hydrogens is 446 g/mol. The van der Waals surface area contributed by atoms with Crippen LogP contribution in [-0.2, 0) is 20.8 Å². The SMILES string of the molecule is CNc1nnc(SC2=C(C(=O)O)N3C(=O)[C@@H](NC(=O)Cc4ccccc4)[C@H]3SC2)s1. The van der Waals surface area contributed by atoms with E-state index in [4.69, 9.17) is 0 Å². The van der Waals surface area contributed by atoms with E-state index < -0.39 is 23.3 Å². The van der Waals surface area contributed by atoms with Gasteiger partial charge < -0.3 is 15.7 Å². The summed E-state index contributed by atoms with van der Waals surface area (Å²) in [4.78, 5) is 38.8. The lowest BCUT2D eigenvalue weighted by atomic mass is 10.0. The van der Waals surface area contributed by atoms with E-state index in [2.05, 4.69) is 20.8 Å². The minimum Gasteiger partial charge on any atom is -0.477 e. The predicted molar refractivity (Wildman–Crippen MR) is 115 cm³/mol. The van der Waals surface area contributed by atoms with Crippen molar-refractivity contribution in [1.82, 2.24) is 20.4 Å². The summed E-state index contributed by atoms with van der Waals surface area (Å²) in [6.07, 6.45) is 0.162. The van der Waals surface area contributed by atoms with Crippen LogP contribution in [0.4, 0.5) is 5.13 Å². The first kappa shape index (κ1) is 20.7. The molecule has 1 saturated heterocycles. The number of thioether (sulfide) groups is 2. The second-order valence-corrected chi connectivity index (χ2v) is 9.84. The highest BCUT2D eigenvalue weighted by Gasteiger charge is 2.54. The molecule has 12 heteroatoms. The van der Waals surface area contributed by atoms with Gasteiger partial charge in [0.15, 0.2) is 4.34 Å². The number of β-lactam (4-membered cyclic amide) rings is 1. The number of rotatable bonds is 7. The Morgan fingerprint density at radius 1 is 1.30 bits per heavy atom. The molecule has 9 nitrogen and oxygen atoms in total. The Balaban J connectivity index is 1.47. The molecular formula is C18H17N5O4S3. The Kier molecular flexibility index (Phi) is 5.97. The van der Waals surface area contributed by atoms with Crippen LogP contribution in [-0.4, -0.2) is 62.2 Å². The lowest BCUT2D eigenvalue weighted by Gasteiger charge is -2.49. The topological polar surface area (TPSA) is 125 Å². The molecule has 3 heterocycles. The van der Waals surface area contributed by atoms with Crippen molar-refractivity contribution in [2.75, 3.05) is 18.1 Å². The van der Waals surface area contributed by atoms with Crippen LogP contribution in [0.2, 0.25) is 0 Å². The Morgan fingerprint density at radius 2 is 2.07 bits per heavy atom. The van der Waals surface area contributed by atoms with Crippen molar-refractivity contribution < 1.29 is 19.5 Å². The second-order valence-electron chi connectivity index (χ2n) is 6.42. The largest absolute Gasteiger partial charge is 0.477 e. The first-order valence-corrected chi connectivity index (χ1v) is 11.6. The van der Waals surface area contributed by atoms with Gasteiger partial charge in [0.2, 0.25) is 11.0 Å². The van der Waals surface area contributed by atoms with E-state index in [9.17, 15) is 19.5 Å². The average Bonchev–Trinajstić information content (AvgIpc) is 3.20. The number of nitrogens with one attached hydrogen (secondary N) is 2. The van der Waals surface area contributed by atoms with Gasteiger partial charge in [-0.05, 0) is 5.56 Å². The van der Waals surface area contributed by atoms with Gasteiger partial charge in [-0.3, -0.25) is 14.5 Å². The minimum atomic E-state index is -1.18. The summed E-state index contributed by atoms with van der Waals surface area (Å²) in [6, 6.07) is 8.50. The summed E-state index contributed by atoms with van der Waals surface area (Å²) >= 11 is 3.92. The number of aromatic nitrogens is 2. The third-order valence-electron chi connectivity index (χ3n) is 4.49. The van der Waals surface area contributed by atoms with Crippen LogP contribution in [0.1, 0.15) is 5.56 Å². The van der Waals surface area contributed by atoms with Crippen LogP contribution in [0.15, 0.2) is 45.3 Å². The van der Waals surface area contributed by atoms with Crippen LogP contribution >= 0.6 is 34.9 Å². The Bertz CT molecular complexity index is 1030. The molecule has 156 valence electrons. The first-order valence-electron chi connectivity index (χ1n) is 8.91. The number of hydrogen-bond acceptors (Lipinski definition) is 9. The Hall–Kier alpha value is -2.57. The normalized spacial score (nSPS) is 20.4. The fraction of sp³-hybridized carbons (Fsp3) is 0.278. The number of carboxylic acid groups (broad SMARTS) is 1. The third-order valence-corrected chi connectivity index (χ3v) is 8.03. The third kappa shape index (κ3) is 4.02. The predicted octanol–water partition coefficient (Wildman–Crippen LogP) is 1.61. The van der Waals surface area contributed by atoms with E-state index in [1.807, 2.05) is 30.3 Å². The van der Waals surface area contributed by atoms with Gasteiger partial charge in [-0.15, -0.1) is 22.0 Å². The summed E-state index contributed by atoms with van der Waals surface area (Å²) < 4.78 is 0.591. The maximum Gasteiger partial charge on any atom is 0.353 e. The molecule has 2 amide bonds. The smallest absolute Gasteiger partial charge is 0.353 e. The molecule has 1 aromatic carbocycles. The molecule has 0 bridgehead atoms. The molecule has 0 saturated carbocycles. The molecule has 0 radical (unpaired) electrons. The van der Waals surface area contributed by atoms with Crippen molar-refractivity contribution in [1.29, 1.82) is 0 Å². The molecule has 4 rings (SSSR count). The molecule has 2 aliphatic heterocycles. The maximum atomic E-state index is 12.7. The van der Waals surface area contributed by atoms with Gasteiger partial charge in [-0.1, -0.05) is 53.4 Å². The Morgan fingerprint density at radius 3 is 2.73 bits per heavy atom. The molecule has 0 aliphatic carbocycles. The summed E-state index contributed by atoms with van der Waals surface area (Å²) in [5, 5.41) is 23.5. The number of anilines is 1. The number of carbonyl (C=O) groups excluding carboxylic acids is 2. The molecule has 2 aromatic rings. The zero-order valence-electron chi connectivity index (χ0n) is 15.7. The number of carbonyl (C=O) groups is 3. The van der Waals surface area contributed by atoms with Crippen LogP contribution in [0.5, 0.6) is 0 Å². The van der Waals surface area contributed by atoms with Crippen LogP contribution in [0.25, 0.3) is 0 Å². The van der Waals surface area contributed by atoms with Crippen molar-refractivity contribution in [3.8, 4) is 0 Å². The highest BCUT2D eigenvalue weighted by atomic mass is 32.2. The highest BCUT2D eigenvalue weighted by molar-refractivity contribution is 8.07. The number of fused-ring (bicyclic) bond motifs is 1. The lowest BCUT2D eigenvalue weighted by Crippen LogP contribution is -2.70. The number of nitrogens with zero attached hydrogens (tertiary/aromatic N) is 3. The van der Waals surface area contributed by atoms with E-state index >= 15 is 0 Å². The highest BCUT2D eigenvalue weighted by Crippen LogP contribution is 2.45. The van der Waals surface area contributed by atoms with Gasteiger partial charge in [0, 0.05) is 17.7 Å². The molecule has 1 fully saturated rings. The van der Waals surface area contributed by atoms with Gasteiger partial charge >= 0.3 is 5.97 Å². The van der Waals surface area contributed by atoms with Crippen molar-refractivity contribution in [2.45, 2.75) is 22.2 Å². The number of hydrogen-bond donors (Lipinski definition) is 3. The standard InChI is InChI=1S/C18H17N5O4S3/c1-19-17-21-22-18(30-17)29-10-8-28-15-12(14(25)23(15)13(10)16(26)27)20-11(24)7-9-5-3-2-4-6-9/h2-6,12,15H,7-8H2,1H3,(H,19,21)(H,20,24)(H,26,27)/t12-,15-/m1/s1. The van der Waals surface area contributed by atoms with Crippen molar-refractivity contribution in [2.24, 2.45) is 0 Å². The van der Waals surface area contributed by atoms with E-state index in [0.717, 1.165) is 5.56 Å². The molecule has 0 unspecified atom stereocenters. The number of benzene rings is 1. The number of aliphatic carboxylic acids is 1.